The SMILES string of the molecule is Cc1ccc(S(=O)(=O)OCC2Cn3c(nc4ccccc43)-c3ccccc3O2)cc1.OCC1Cn2c(nc3ccccc32)-c2ccccc2O1. The van der Waals surface area contributed by atoms with E-state index in [4.69, 9.17) is 23.6 Å². The van der Waals surface area contributed by atoms with Gasteiger partial charge < -0.3 is 23.7 Å². The molecule has 0 saturated heterocycles. The number of fused-ring (bicyclic) bond motifs is 10. The number of aliphatic hydroxyl groups excluding tert-OH is 1. The molecule has 0 saturated carbocycles. The zero-order chi connectivity index (χ0) is 34.2. The molecular weight excluding hydrogens is 653 g/mol. The summed E-state index contributed by atoms with van der Waals surface area (Å²) in [7, 11) is -3.88. The minimum atomic E-state index is -3.88. The summed E-state index contributed by atoms with van der Waals surface area (Å²) in [6.07, 6.45) is -0.750. The van der Waals surface area contributed by atoms with E-state index in [1.807, 2.05) is 104 Å². The van der Waals surface area contributed by atoms with Crippen molar-refractivity contribution in [3.63, 3.8) is 0 Å². The summed E-state index contributed by atoms with van der Waals surface area (Å²) in [4.78, 5) is 9.64. The Kier molecular flexibility index (Phi) is 8.31. The molecule has 2 aromatic heterocycles. The maximum absolute atomic E-state index is 12.6. The molecule has 2 unspecified atom stereocenters. The van der Waals surface area contributed by atoms with Crippen LogP contribution in [-0.4, -0.2) is 58.0 Å². The summed E-state index contributed by atoms with van der Waals surface area (Å²) in [6, 6.07) is 38.0. The van der Waals surface area contributed by atoms with Crippen LogP contribution in [0.2, 0.25) is 0 Å². The minimum absolute atomic E-state index is 0.0136. The van der Waals surface area contributed by atoms with Crippen LogP contribution in [0.1, 0.15) is 5.56 Å². The molecule has 5 aromatic carbocycles. The molecule has 10 nitrogen and oxygen atoms in total. The first-order valence-electron chi connectivity index (χ1n) is 16.4. The summed E-state index contributed by atoms with van der Waals surface area (Å²) < 4.78 is 46.9. The van der Waals surface area contributed by atoms with Gasteiger partial charge >= 0.3 is 0 Å². The molecule has 0 spiro atoms. The van der Waals surface area contributed by atoms with Crippen LogP contribution in [0.5, 0.6) is 11.5 Å². The monoisotopic (exact) mass is 686 g/mol. The Balaban J connectivity index is 0.000000156. The predicted octanol–water partition coefficient (Wildman–Crippen LogP) is 6.63. The van der Waals surface area contributed by atoms with E-state index in [2.05, 4.69) is 9.13 Å². The van der Waals surface area contributed by atoms with Crippen molar-refractivity contribution >= 4 is 32.2 Å². The van der Waals surface area contributed by atoms with Crippen LogP contribution in [0.4, 0.5) is 0 Å². The molecule has 4 heterocycles. The quantitative estimate of drug-likeness (QED) is 0.201. The Hall–Kier alpha value is -5.49. The lowest BCUT2D eigenvalue weighted by atomic mass is 10.2. The average molecular weight is 687 g/mol. The van der Waals surface area contributed by atoms with Gasteiger partial charge in [-0.25, -0.2) is 9.97 Å². The number of ether oxygens (including phenoxy) is 2. The number of imidazole rings is 2. The molecule has 252 valence electrons. The first kappa shape index (κ1) is 31.8. The number of hydrogen-bond donors (Lipinski definition) is 1. The third-order valence-electron chi connectivity index (χ3n) is 8.85. The summed E-state index contributed by atoms with van der Waals surface area (Å²) in [6.45, 7) is 2.81. The molecule has 11 heteroatoms. The van der Waals surface area contributed by atoms with Gasteiger partial charge in [-0.15, -0.1) is 0 Å². The second kappa shape index (κ2) is 13.1. The van der Waals surface area contributed by atoms with E-state index in [1.54, 1.807) is 24.3 Å². The van der Waals surface area contributed by atoms with Crippen molar-refractivity contribution < 1.29 is 27.2 Å². The van der Waals surface area contributed by atoms with Gasteiger partial charge in [0.15, 0.2) is 0 Å². The standard InChI is InChI=1S/C23H20N2O4S.C16H14N2O2/c1-16-10-12-18(13-11-16)30(26,27)28-15-17-14-25-21-8-4-3-7-20(21)24-23(25)19-6-2-5-9-22(19)29-17;19-10-11-9-18-14-7-3-2-6-13(14)17-16(18)12-5-1-4-8-15(12)20-11/h2-13,17H,14-15H2,1H3;1-8,11,19H,9-10H2. The number of aromatic nitrogens is 4. The smallest absolute Gasteiger partial charge is 0.297 e. The second-order valence-electron chi connectivity index (χ2n) is 12.3. The molecule has 50 heavy (non-hydrogen) atoms. The Labute approximate surface area is 289 Å². The van der Waals surface area contributed by atoms with Crippen molar-refractivity contribution in [2.75, 3.05) is 13.2 Å². The van der Waals surface area contributed by atoms with Crippen LogP contribution >= 0.6 is 0 Å². The molecule has 0 radical (unpaired) electrons. The topological polar surface area (TPSA) is 118 Å². The lowest BCUT2D eigenvalue weighted by Gasteiger charge is -2.18. The summed E-state index contributed by atoms with van der Waals surface area (Å²) in [5.41, 5.74) is 6.72. The van der Waals surface area contributed by atoms with E-state index in [-0.39, 0.29) is 24.2 Å². The van der Waals surface area contributed by atoms with Gasteiger partial charge in [0.1, 0.15) is 42.0 Å². The molecule has 2 aliphatic heterocycles. The maximum Gasteiger partial charge on any atom is 0.297 e. The van der Waals surface area contributed by atoms with E-state index in [0.29, 0.717) is 18.8 Å². The molecule has 0 bridgehead atoms. The van der Waals surface area contributed by atoms with Gasteiger partial charge in [-0.1, -0.05) is 66.2 Å². The normalized spacial score (nSPS) is 16.4. The fraction of sp³-hybridized carbons (Fsp3) is 0.179. The van der Waals surface area contributed by atoms with E-state index in [9.17, 15) is 13.5 Å². The lowest BCUT2D eigenvalue weighted by Crippen LogP contribution is -2.29. The van der Waals surface area contributed by atoms with Crippen molar-refractivity contribution in [1.29, 1.82) is 0 Å². The third-order valence-corrected chi connectivity index (χ3v) is 10.1. The maximum atomic E-state index is 12.6. The average Bonchev–Trinajstić information content (AvgIpc) is 3.58. The van der Waals surface area contributed by atoms with Gasteiger partial charge in [-0.05, 0) is 67.6 Å². The highest BCUT2D eigenvalue weighted by atomic mass is 32.2. The predicted molar refractivity (Wildman–Crippen MR) is 191 cm³/mol. The molecule has 0 fully saturated rings. The molecule has 1 N–H and O–H groups in total. The number of benzene rings is 5. The van der Waals surface area contributed by atoms with Crippen LogP contribution in [0.15, 0.2) is 126 Å². The molecular formula is C39H34N4O6S. The first-order chi connectivity index (χ1) is 24.4. The molecule has 9 rings (SSSR count). The highest BCUT2D eigenvalue weighted by Crippen LogP contribution is 2.37. The number of hydrogen-bond acceptors (Lipinski definition) is 8. The van der Waals surface area contributed by atoms with Crippen molar-refractivity contribution in [1.82, 2.24) is 19.1 Å². The van der Waals surface area contributed by atoms with Gasteiger partial charge in [0.05, 0.1) is 57.8 Å². The lowest BCUT2D eigenvalue weighted by molar-refractivity contribution is 0.106. The number of aryl methyl sites for hydroxylation is 1. The largest absolute Gasteiger partial charge is 0.485 e. The van der Waals surface area contributed by atoms with E-state index >= 15 is 0 Å². The molecule has 7 aromatic rings. The van der Waals surface area contributed by atoms with E-state index < -0.39 is 16.2 Å². The Morgan fingerprint density at radius 1 is 0.680 bits per heavy atom. The van der Waals surface area contributed by atoms with Crippen LogP contribution in [0, 0.1) is 6.92 Å². The first-order valence-corrected chi connectivity index (χ1v) is 17.8. The Morgan fingerprint density at radius 2 is 1.16 bits per heavy atom. The molecule has 2 aliphatic rings. The number of para-hydroxylation sites is 6. The number of nitrogens with zero attached hydrogens (tertiary/aromatic N) is 4. The summed E-state index contributed by atoms with van der Waals surface area (Å²) in [5, 5.41) is 9.52. The second-order valence-corrected chi connectivity index (χ2v) is 13.9. The molecule has 0 amide bonds. The highest BCUT2D eigenvalue weighted by molar-refractivity contribution is 7.86. The van der Waals surface area contributed by atoms with Gasteiger partial charge in [0, 0.05) is 0 Å². The van der Waals surface area contributed by atoms with Crippen LogP contribution in [0.3, 0.4) is 0 Å². The summed E-state index contributed by atoms with van der Waals surface area (Å²) >= 11 is 0. The fourth-order valence-corrected chi connectivity index (χ4v) is 7.34. The molecule has 0 aliphatic carbocycles. The Morgan fingerprint density at radius 3 is 1.72 bits per heavy atom. The van der Waals surface area contributed by atoms with Crippen molar-refractivity contribution in [3.05, 3.63) is 127 Å². The van der Waals surface area contributed by atoms with Gasteiger partial charge in [0.2, 0.25) is 0 Å². The van der Waals surface area contributed by atoms with E-state index in [1.165, 1.54) is 0 Å². The van der Waals surface area contributed by atoms with Gasteiger partial charge in [-0.3, -0.25) is 4.18 Å². The van der Waals surface area contributed by atoms with Crippen LogP contribution in [-0.2, 0) is 27.4 Å². The summed E-state index contributed by atoms with van der Waals surface area (Å²) in [5.74, 6) is 3.14. The van der Waals surface area contributed by atoms with Crippen LogP contribution < -0.4 is 9.47 Å². The van der Waals surface area contributed by atoms with Crippen molar-refractivity contribution in [2.24, 2.45) is 0 Å². The van der Waals surface area contributed by atoms with E-state index in [0.717, 1.165) is 56.2 Å². The van der Waals surface area contributed by atoms with Crippen LogP contribution in [0.25, 0.3) is 44.8 Å². The van der Waals surface area contributed by atoms with Crippen molar-refractivity contribution in [3.8, 4) is 34.3 Å². The fourth-order valence-electron chi connectivity index (χ4n) is 6.40. The number of aliphatic hydroxyl groups is 1. The number of rotatable bonds is 5. The molecule has 2 atom stereocenters. The van der Waals surface area contributed by atoms with Crippen molar-refractivity contribution in [2.45, 2.75) is 37.1 Å². The van der Waals surface area contributed by atoms with Gasteiger partial charge in [0.25, 0.3) is 10.1 Å². The highest BCUT2D eigenvalue weighted by Gasteiger charge is 2.28. The zero-order valence-electron chi connectivity index (χ0n) is 27.2. The minimum Gasteiger partial charge on any atom is -0.485 e. The Bertz CT molecular complexity index is 2440. The van der Waals surface area contributed by atoms with Gasteiger partial charge in [-0.2, -0.15) is 8.42 Å². The third kappa shape index (κ3) is 6.00. The zero-order valence-corrected chi connectivity index (χ0v) is 28.0.